The molecule has 0 aliphatic rings. The molecule has 0 aromatic carbocycles. The second-order valence-electron chi connectivity index (χ2n) is 0.894. The van der Waals surface area contributed by atoms with Crippen LogP contribution in [0.1, 0.15) is 0 Å². The Hall–Kier alpha value is 0.180. The number of hydrogen-bond acceptors (Lipinski definition) is 9. The van der Waals surface area contributed by atoms with Crippen molar-refractivity contribution in [3.05, 3.63) is 0 Å². The molecule has 0 amide bonds. The molecule has 0 heterocycles. The van der Waals surface area contributed by atoms with Crippen LogP contribution in [0.5, 0.6) is 0 Å². The summed E-state index contributed by atoms with van der Waals surface area (Å²) in [4.78, 5) is 51.3. The molecule has 11 heteroatoms. The fraction of sp³-hybridized carbons (Fsp3) is 0. The van der Waals surface area contributed by atoms with Gasteiger partial charge in [0.15, 0.2) is 0 Å². The van der Waals surface area contributed by atoms with Gasteiger partial charge in [-0.2, -0.15) is 15.6 Å². The second-order valence-corrected chi connectivity index (χ2v) is 2.68. The minimum atomic E-state index is -5.39. The summed E-state index contributed by atoms with van der Waals surface area (Å²) in [6.07, 6.45) is 0. The monoisotopic (exact) mass is 207 g/mol. The van der Waals surface area contributed by atoms with E-state index in [0.717, 1.165) is 0 Å². The van der Waals surface area contributed by atoms with Crippen LogP contribution >= 0.6 is 15.6 Å². The maximum absolute atomic E-state index is 8.55. The van der Waals surface area contributed by atoms with Crippen LogP contribution < -0.4 is 29.4 Å². The highest BCUT2D eigenvalue weighted by molar-refractivity contribution is 7.40. The number of hydrogen-bond donors (Lipinski definition) is 0. The summed E-state index contributed by atoms with van der Waals surface area (Å²) >= 11 is 0. The highest BCUT2D eigenvalue weighted by Gasteiger charge is 1.45. The minimum absolute atomic E-state index is 0. The molecule has 0 rings (SSSR count). The molecular weight excluding hydrogens is 206 g/mol. The first-order valence-corrected chi connectivity index (χ1v) is 4.38. The van der Waals surface area contributed by atoms with Crippen molar-refractivity contribution in [1.29, 1.82) is 0 Å². The molecule has 0 aliphatic heterocycles. The van der Waals surface area contributed by atoms with Crippen LogP contribution in [0.3, 0.4) is 0 Å². The average Bonchev–Trinajstić information content (AvgIpc) is 1.12. The molecule has 0 saturated heterocycles. The number of rotatable bonds is 0. The van der Waals surface area contributed by atoms with Gasteiger partial charge in [-0.3, -0.25) is 0 Å². The van der Waals surface area contributed by atoms with Gasteiger partial charge in [-0.25, -0.2) is 0 Å². The molecule has 1 N–H and O–H groups in total. The lowest BCUT2D eigenvalue weighted by Crippen LogP contribution is -2.24. The van der Waals surface area contributed by atoms with Crippen molar-refractivity contribution < 1.29 is 44.0 Å². The van der Waals surface area contributed by atoms with E-state index in [1.165, 1.54) is 0 Å². The second kappa shape index (κ2) is 5.78. The summed E-state index contributed by atoms with van der Waals surface area (Å²) < 4.78 is 17.1. The fourth-order valence-corrected chi connectivity index (χ4v) is 0. The molecule has 9 nitrogen and oxygen atoms in total. The van der Waals surface area contributed by atoms with E-state index in [9.17, 15) is 0 Å². The SMILES string of the molecule is O=P([O-])([O-])[O-].O=P([O-])([O-])[O-].[OH-]. The molecule has 0 radical (unpaired) electrons. The molecular formula is HO9P2-7. The maximum Gasteiger partial charge on any atom is -0.159 e. The van der Waals surface area contributed by atoms with Crippen LogP contribution in [0.2, 0.25) is 0 Å². The molecule has 72 valence electrons. The lowest BCUT2D eigenvalue weighted by atomic mass is 15.8. The summed E-state index contributed by atoms with van der Waals surface area (Å²) in [7, 11) is -10.8. The first kappa shape index (κ1) is 17.3. The van der Waals surface area contributed by atoms with Crippen molar-refractivity contribution in [2.24, 2.45) is 0 Å². The van der Waals surface area contributed by atoms with Crippen molar-refractivity contribution in [3.63, 3.8) is 0 Å². The van der Waals surface area contributed by atoms with Crippen LogP contribution in [-0.4, -0.2) is 5.48 Å². The highest BCUT2D eigenvalue weighted by atomic mass is 31.2. The third kappa shape index (κ3) is 21000. The highest BCUT2D eigenvalue weighted by Crippen LogP contribution is 2.03. The largest absolute Gasteiger partial charge is 0.870 e. The van der Waals surface area contributed by atoms with Crippen molar-refractivity contribution >= 4 is 15.6 Å². The van der Waals surface area contributed by atoms with Crippen molar-refractivity contribution in [2.75, 3.05) is 0 Å². The van der Waals surface area contributed by atoms with Crippen LogP contribution in [0.25, 0.3) is 0 Å². The van der Waals surface area contributed by atoms with Gasteiger partial charge in [-0.05, 0) is 0 Å². The van der Waals surface area contributed by atoms with Crippen LogP contribution in [0.4, 0.5) is 0 Å². The van der Waals surface area contributed by atoms with E-state index in [1.807, 2.05) is 0 Å². The van der Waals surface area contributed by atoms with Gasteiger partial charge in [0.1, 0.15) is 0 Å². The van der Waals surface area contributed by atoms with Gasteiger partial charge in [0, 0.05) is 0 Å². The molecule has 0 fully saturated rings. The van der Waals surface area contributed by atoms with E-state index < -0.39 is 15.6 Å². The molecule has 0 spiro atoms. The first-order chi connectivity index (χ1) is 4.00. The summed E-state index contributed by atoms with van der Waals surface area (Å²) in [5, 5.41) is 0. The Labute approximate surface area is 60.7 Å². The van der Waals surface area contributed by atoms with Crippen molar-refractivity contribution in [2.45, 2.75) is 0 Å². The van der Waals surface area contributed by atoms with E-state index in [0.29, 0.717) is 0 Å². The molecule has 0 unspecified atom stereocenters. The Bertz CT molecular complexity index is 120. The molecule has 0 aromatic heterocycles. The van der Waals surface area contributed by atoms with Crippen LogP contribution in [-0.2, 0) is 9.13 Å². The first-order valence-electron chi connectivity index (χ1n) is 1.46. The number of phosphoric acid groups is 2. The van der Waals surface area contributed by atoms with Gasteiger partial charge in [-0.15, -0.1) is 0 Å². The Kier molecular flexibility index (Phi) is 9.10. The predicted octanol–water partition coefficient (Wildman–Crippen LogP) is -5.83. The summed E-state index contributed by atoms with van der Waals surface area (Å²) in [6, 6.07) is 0. The van der Waals surface area contributed by atoms with Gasteiger partial charge in [0.25, 0.3) is 0 Å². The normalized spacial score (nSPS) is 10.7. The lowest BCUT2D eigenvalue weighted by Gasteiger charge is -2.36. The Morgan fingerprint density at radius 1 is 0.636 bits per heavy atom. The van der Waals surface area contributed by atoms with E-state index in [2.05, 4.69) is 0 Å². The molecule has 0 bridgehead atoms. The zero-order chi connectivity index (χ0) is 9.00. The van der Waals surface area contributed by atoms with Crippen LogP contribution in [0, 0.1) is 0 Å². The van der Waals surface area contributed by atoms with Gasteiger partial charge in [-0.1, -0.05) is 0 Å². The molecule has 11 heavy (non-hydrogen) atoms. The maximum atomic E-state index is 8.55. The third-order valence-corrected chi connectivity index (χ3v) is 0. The predicted molar refractivity (Wildman–Crippen MR) is 17.1 cm³/mol. The fourth-order valence-electron chi connectivity index (χ4n) is 0. The van der Waals surface area contributed by atoms with Crippen molar-refractivity contribution in [3.8, 4) is 0 Å². The zero-order valence-electron chi connectivity index (χ0n) is 4.61. The quantitative estimate of drug-likeness (QED) is 0.346. The Balaban J connectivity index is -0.000000107. The molecule has 0 aromatic rings. The van der Waals surface area contributed by atoms with Gasteiger partial charge in [0.05, 0.1) is 0 Å². The van der Waals surface area contributed by atoms with E-state index in [1.54, 1.807) is 0 Å². The van der Waals surface area contributed by atoms with E-state index >= 15 is 0 Å². The minimum Gasteiger partial charge on any atom is -0.870 e. The summed E-state index contributed by atoms with van der Waals surface area (Å²) in [6.45, 7) is 0. The molecule has 0 atom stereocenters. The van der Waals surface area contributed by atoms with E-state index in [4.69, 9.17) is 38.5 Å². The smallest absolute Gasteiger partial charge is 0.159 e. The Morgan fingerprint density at radius 2 is 0.636 bits per heavy atom. The van der Waals surface area contributed by atoms with Gasteiger partial charge >= 0.3 is 0 Å². The average molecular weight is 207 g/mol. The Morgan fingerprint density at radius 3 is 0.636 bits per heavy atom. The van der Waals surface area contributed by atoms with Crippen LogP contribution in [0.15, 0.2) is 0 Å². The third-order valence-electron chi connectivity index (χ3n) is 0. The van der Waals surface area contributed by atoms with E-state index in [-0.39, 0.29) is 5.48 Å². The topological polar surface area (TPSA) is 202 Å². The molecule has 0 saturated carbocycles. The van der Waals surface area contributed by atoms with Gasteiger partial charge in [0.2, 0.25) is 0 Å². The van der Waals surface area contributed by atoms with Gasteiger partial charge < -0.3 is 44.0 Å². The van der Waals surface area contributed by atoms with Crippen molar-refractivity contribution in [1.82, 2.24) is 0 Å². The standard InChI is InChI=1S/2H3O4P.H2O/c2*1-5(2,3)4;/h2*(H3,1,2,3,4);1H2/p-7. The molecule has 0 aliphatic carbocycles. The summed E-state index contributed by atoms with van der Waals surface area (Å²) in [5.74, 6) is 0. The lowest BCUT2D eigenvalue weighted by molar-refractivity contribution is -0.434. The summed E-state index contributed by atoms with van der Waals surface area (Å²) in [5.41, 5.74) is 0. The zero-order valence-corrected chi connectivity index (χ0v) is 6.40.